The second-order valence-corrected chi connectivity index (χ2v) is 6.90. The van der Waals surface area contributed by atoms with Crippen molar-refractivity contribution in [3.8, 4) is 5.69 Å². The molecule has 0 saturated heterocycles. The van der Waals surface area contributed by atoms with Gasteiger partial charge in [-0.2, -0.15) is 0 Å². The fraction of sp³-hybridized carbons (Fsp3) is 0.308. The van der Waals surface area contributed by atoms with E-state index in [4.69, 9.17) is 11.6 Å². The summed E-state index contributed by atoms with van der Waals surface area (Å²) in [5.74, 6) is 0.132. The molecule has 1 heterocycles. The lowest BCUT2D eigenvalue weighted by molar-refractivity contribution is 0.588. The fourth-order valence-corrected chi connectivity index (χ4v) is 3.54. The molecule has 8 heteroatoms. The molecule has 114 valence electrons. The molecule has 0 aliphatic heterocycles. The quantitative estimate of drug-likeness (QED) is 0.792. The lowest BCUT2D eigenvalue weighted by Crippen LogP contribution is -2.22. The third-order valence-electron chi connectivity index (χ3n) is 2.84. The first-order chi connectivity index (χ1) is 9.91. The number of sulfonamides is 1. The van der Waals surface area contributed by atoms with Crippen LogP contribution in [0.25, 0.3) is 5.69 Å². The SMILES string of the molecule is CC(CCl)CS(=O)(=O)Nc1ccc(-n2cc[nH]c2=O)cc1. The van der Waals surface area contributed by atoms with Crippen molar-refractivity contribution in [1.82, 2.24) is 9.55 Å². The van der Waals surface area contributed by atoms with Crippen molar-refractivity contribution >= 4 is 27.3 Å². The number of rotatable bonds is 6. The van der Waals surface area contributed by atoms with Crippen LogP contribution in [0.5, 0.6) is 0 Å². The summed E-state index contributed by atoms with van der Waals surface area (Å²) in [5.41, 5.74) is 0.849. The number of aromatic nitrogens is 2. The van der Waals surface area contributed by atoms with Gasteiger partial charge in [0.05, 0.1) is 11.4 Å². The third-order valence-corrected chi connectivity index (χ3v) is 4.92. The van der Waals surface area contributed by atoms with E-state index in [0.717, 1.165) is 0 Å². The molecule has 1 aromatic carbocycles. The molecular formula is C13H16ClN3O3S. The lowest BCUT2D eigenvalue weighted by Gasteiger charge is -2.11. The van der Waals surface area contributed by atoms with E-state index in [1.165, 1.54) is 10.8 Å². The lowest BCUT2D eigenvalue weighted by atomic mass is 10.3. The van der Waals surface area contributed by atoms with Crippen LogP contribution in [0, 0.1) is 5.92 Å². The molecule has 0 radical (unpaired) electrons. The minimum Gasteiger partial charge on any atom is -0.312 e. The summed E-state index contributed by atoms with van der Waals surface area (Å²) in [6, 6.07) is 6.55. The molecule has 2 N–H and O–H groups in total. The number of hydrogen-bond donors (Lipinski definition) is 2. The first-order valence-corrected chi connectivity index (χ1v) is 8.53. The number of imidazole rings is 1. The van der Waals surface area contributed by atoms with Crippen LogP contribution < -0.4 is 10.4 Å². The Labute approximate surface area is 127 Å². The molecule has 2 rings (SSSR count). The normalized spacial score (nSPS) is 13.0. The molecule has 1 atom stereocenters. The van der Waals surface area contributed by atoms with E-state index in [-0.39, 0.29) is 23.2 Å². The number of hydrogen-bond acceptors (Lipinski definition) is 3. The van der Waals surface area contributed by atoms with Gasteiger partial charge in [0.25, 0.3) is 0 Å². The molecule has 1 unspecified atom stereocenters. The van der Waals surface area contributed by atoms with Crippen molar-refractivity contribution in [2.75, 3.05) is 16.4 Å². The first-order valence-electron chi connectivity index (χ1n) is 6.34. The highest BCUT2D eigenvalue weighted by molar-refractivity contribution is 7.92. The Morgan fingerprint density at radius 3 is 2.52 bits per heavy atom. The molecule has 2 aromatic rings. The van der Waals surface area contributed by atoms with Crippen LogP contribution in [0.15, 0.2) is 41.5 Å². The van der Waals surface area contributed by atoms with Gasteiger partial charge >= 0.3 is 5.69 Å². The summed E-state index contributed by atoms with van der Waals surface area (Å²) in [7, 11) is -3.43. The van der Waals surface area contributed by atoms with Crippen molar-refractivity contribution in [3.63, 3.8) is 0 Å². The number of H-pyrrole nitrogens is 1. The molecule has 0 aliphatic rings. The number of halogens is 1. The zero-order chi connectivity index (χ0) is 15.5. The summed E-state index contributed by atoms with van der Waals surface area (Å²) in [4.78, 5) is 14.0. The van der Waals surface area contributed by atoms with Gasteiger partial charge in [0.1, 0.15) is 0 Å². The predicted octanol–water partition coefficient (Wildman–Crippen LogP) is 1.78. The van der Waals surface area contributed by atoms with Gasteiger partial charge in [0.15, 0.2) is 0 Å². The maximum absolute atomic E-state index is 11.9. The fourth-order valence-electron chi connectivity index (χ4n) is 1.85. The van der Waals surface area contributed by atoms with Gasteiger partial charge in [-0.3, -0.25) is 9.29 Å². The van der Waals surface area contributed by atoms with Gasteiger partial charge in [0.2, 0.25) is 10.0 Å². The summed E-state index contributed by atoms with van der Waals surface area (Å²) in [5, 5.41) is 0. The summed E-state index contributed by atoms with van der Waals surface area (Å²) in [6.07, 6.45) is 3.14. The highest BCUT2D eigenvalue weighted by Gasteiger charge is 2.15. The zero-order valence-corrected chi connectivity index (χ0v) is 13.0. The van der Waals surface area contributed by atoms with Crippen LogP contribution in [0.1, 0.15) is 6.92 Å². The van der Waals surface area contributed by atoms with Crippen LogP contribution in [-0.4, -0.2) is 29.6 Å². The minimum absolute atomic E-state index is 0.0322. The topological polar surface area (TPSA) is 84.0 Å². The van der Waals surface area contributed by atoms with Gasteiger partial charge in [-0.25, -0.2) is 13.2 Å². The molecule has 1 aromatic heterocycles. The van der Waals surface area contributed by atoms with Crippen LogP contribution in [-0.2, 0) is 10.0 Å². The molecule has 0 aliphatic carbocycles. The number of benzene rings is 1. The van der Waals surface area contributed by atoms with Crippen molar-refractivity contribution in [2.45, 2.75) is 6.92 Å². The second-order valence-electron chi connectivity index (χ2n) is 4.83. The summed E-state index contributed by atoms with van der Waals surface area (Å²) in [6.45, 7) is 1.77. The Morgan fingerprint density at radius 1 is 1.33 bits per heavy atom. The van der Waals surface area contributed by atoms with E-state index in [2.05, 4.69) is 9.71 Å². The average Bonchev–Trinajstić information content (AvgIpc) is 2.85. The predicted molar refractivity (Wildman–Crippen MR) is 83.7 cm³/mol. The molecular weight excluding hydrogens is 314 g/mol. The van der Waals surface area contributed by atoms with Gasteiger partial charge in [-0.05, 0) is 30.2 Å². The summed E-state index contributed by atoms with van der Waals surface area (Å²) < 4.78 is 27.7. The highest BCUT2D eigenvalue weighted by atomic mass is 35.5. The molecule has 0 spiro atoms. The van der Waals surface area contributed by atoms with E-state index >= 15 is 0 Å². The van der Waals surface area contributed by atoms with Crippen molar-refractivity contribution < 1.29 is 8.42 Å². The molecule has 6 nitrogen and oxygen atoms in total. The number of nitrogens with one attached hydrogen (secondary N) is 2. The Balaban J connectivity index is 2.13. The van der Waals surface area contributed by atoms with Crippen LogP contribution in [0.2, 0.25) is 0 Å². The number of anilines is 1. The Morgan fingerprint density at radius 2 is 2.00 bits per heavy atom. The molecule has 0 saturated carbocycles. The highest BCUT2D eigenvalue weighted by Crippen LogP contribution is 2.14. The number of alkyl halides is 1. The van der Waals surface area contributed by atoms with Crippen LogP contribution >= 0.6 is 11.6 Å². The second kappa shape index (κ2) is 6.36. The maximum Gasteiger partial charge on any atom is 0.330 e. The van der Waals surface area contributed by atoms with E-state index in [9.17, 15) is 13.2 Å². The number of aromatic amines is 1. The van der Waals surface area contributed by atoms with E-state index in [1.807, 2.05) is 0 Å². The molecule has 0 amide bonds. The van der Waals surface area contributed by atoms with Crippen LogP contribution in [0.4, 0.5) is 5.69 Å². The van der Waals surface area contributed by atoms with Gasteiger partial charge in [-0.15, -0.1) is 11.6 Å². The molecule has 0 bridgehead atoms. The Bertz CT molecular complexity index is 749. The standard InChI is InChI=1S/C13H16ClN3O3S/c1-10(8-14)9-21(19,20)16-11-2-4-12(5-3-11)17-7-6-15-13(17)18/h2-7,10,16H,8-9H2,1H3,(H,15,18). The Hall–Kier alpha value is -1.73. The maximum atomic E-state index is 11.9. The first kappa shape index (κ1) is 15.7. The zero-order valence-electron chi connectivity index (χ0n) is 11.4. The van der Waals surface area contributed by atoms with E-state index in [0.29, 0.717) is 11.4 Å². The number of nitrogens with zero attached hydrogens (tertiary/aromatic N) is 1. The minimum atomic E-state index is -3.43. The molecule has 0 fully saturated rings. The van der Waals surface area contributed by atoms with Crippen molar-refractivity contribution in [1.29, 1.82) is 0 Å². The van der Waals surface area contributed by atoms with Crippen molar-refractivity contribution in [3.05, 3.63) is 47.1 Å². The monoisotopic (exact) mass is 329 g/mol. The molecule has 21 heavy (non-hydrogen) atoms. The Kier molecular flexibility index (Phi) is 4.74. The van der Waals surface area contributed by atoms with Gasteiger partial charge < -0.3 is 4.98 Å². The average molecular weight is 330 g/mol. The largest absolute Gasteiger partial charge is 0.330 e. The van der Waals surface area contributed by atoms with Crippen molar-refractivity contribution in [2.24, 2.45) is 5.92 Å². The van der Waals surface area contributed by atoms with Crippen LogP contribution in [0.3, 0.4) is 0 Å². The van der Waals surface area contributed by atoms with Gasteiger partial charge in [0, 0.05) is 24.0 Å². The summed E-state index contributed by atoms with van der Waals surface area (Å²) >= 11 is 5.63. The van der Waals surface area contributed by atoms with Gasteiger partial charge in [-0.1, -0.05) is 6.92 Å². The third kappa shape index (κ3) is 4.12. The smallest absolute Gasteiger partial charge is 0.312 e. The van der Waals surface area contributed by atoms with E-state index in [1.54, 1.807) is 37.4 Å². The van der Waals surface area contributed by atoms with E-state index < -0.39 is 10.0 Å².